The van der Waals surface area contributed by atoms with E-state index in [9.17, 15) is 22.0 Å². The molecule has 2 aromatic carbocycles. The summed E-state index contributed by atoms with van der Waals surface area (Å²) in [7, 11) is 0. The highest BCUT2D eigenvalue weighted by Gasteiger charge is 2.33. The van der Waals surface area contributed by atoms with Crippen LogP contribution in [0.4, 0.5) is 22.0 Å². The van der Waals surface area contributed by atoms with Gasteiger partial charge in [-0.25, -0.2) is 8.78 Å². The molecule has 0 amide bonds. The smallest absolute Gasteiger partial charge is 0.450 e. The Labute approximate surface area is 131 Å². The monoisotopic (exact) mass is 349 g/mol. The SMILES string of the molecule is N#Cc1cc(F)c(Oc2ccc(Cl)cc2OC(F)(F)F)cc1F. The summed E-state index contributed by atoms with van der Waals surface area (Å²) in [6.45, 7) is 0. The Kier molecular flexibility index (Phi) is 4.61. The van der Waals surface area contributed by atoms with Crippen LogP contribution < -0.4 is 9.47 Å². The van der Waals surface area contributed by atoms with E-state index in [0.717, 1.165) is 12.1 Å². The van der Waals surface area contributed by atoms with E-state index < -0.39 is 40.8 Å². The highest BCUT2D eigenvalue weighted by molar-refractivity contribution is 6.30. The van der Waals surface area contributed by atoms with Crippen LogP contribution in [0.15, 0.2) is 30.3 Å². The number of ether oxygens (including phenoxy) is 2. The third-order valence-corrected chi connectivity index (χ3v) is 2.73. The molecule has 3 nitrogen and oxygen atoms in total. The van der Waals surface area contributed by atoms with Gasteiger partial charge in [0.1, 0.15) is 11.9 Å². The normalized spacial score (nSPS) is 11.0. The molecule has 0 fully saturated rings. The van der Waals surface area contributed by atoms with Crippen molar-refractivity contribution >= 4 is 11.6 Å². The molecule has 0 saturated heterocycles. The molecule has 120 valence electrons. The highest BCUT2D eigenvalue weighted by Crippen LogP contribution is 2.38. The van der Waals surface area contributed by atoms with Gasteiger partial charge < -0.3 is 9.47 Å². The summed E-state index contributed by atoms with van der Waals surface area (Å²) in [6, 6.07) is 5.50. The van der Waals surface area contributed by atoms with Gasteiger partial charge in [-0.2, -0.15) is 5.26 Å². The third kappa shape index (κ3) is 4.23. The van der Waals surface area contributed by atoms with Gasteiger partial charge in [0.2, 0.25) is 0 Å². The molecule has 0 N–H and O–H groups in total. The lowest BCUT2D eigenvalue weighted by atomic mass is 10.2. The molecule has 9 heteroatoms. The lowest BCUT2D eigenvalue weighted by molar-refractivity contribution is -0.275. The molecule has 0 aliphatic carbocycles. The summed E-state index contributed by atoms with van der Waals surface area (Å²) in [5.41, 5.74) is -0.572. The zero-order valence-electron chi connectivity index (χ0n) is 10.9. The first-order valence-corrected chi connectivity index (χ1v) is 6.19. The fourth-order valence-electron chi connectivity index (χ4n) is 1.58. The van der Waals surface area contributed by atoms with E-state index in [4.69, 9.17) is 21.6 Å². The van der Waals surface area contributed by atoms with Crippen molar-refractivity contribution in [3.8, 4) is 23.3 Å². The average molecular weight is 350 g/mol. The van der Waals surface area contributed by atoms with Crippen LogP contribution >= 0.6 is 11.6 Å². The van der Waals surface area contributed by atoms with E-state index >= 15 is 0 Å². The second kappa shape index (κ2) is 6.30. The van der Waals surface area contributed by atoms with Crippen LogP contribution in [0.1, 0.15) is 5.56 Å². The minimum absolute atomic E-state index is 0.0805. The van der Waals surface area contributed by atoms with Gasteiger partial charge in [0, 0.05) is 17.2 Å². The van der Waals surface area contributed by atoms with Crippen molar-refractivity contribution in [2.24, 2.45) is 0 Å². The van der Waals surface area contributed by atoms with Crippen molar-refractivity contribution in [1.82, 2.24) is 0 Å². The van der Waals surface area contributed by atoms with Gasteiger partial charge in [0.15, 0.2) is 23.1 Å². The molecule has 0 bridgehead atoms. The Hall–Kier alpha value is -2.53. The first-order chi connectivity index (χ1) is 10.7. The van der Waals surface area contributed by atoms with Crippen molar-refractivity contribution in [1.29, 1.82) is 5.26 Å². The lowest BCUT2D eigenvalue weighted by Gasteiger charge is -2.14. The first kappa shape index (κ1) is 16.8. The maximum absolute atomic E-state index is 13.7. The molecule has 0 heterocycles. The van der Waals surface area contributed by atoms with Crippen LogP contribution in [0.2, 0.25) is 5.02 Å². The quantitative estimate of drug-likeness (QED) is 0.717. The van der Waals surface area contributed by atoms with Crippen molar-refractivity contribution in [2.75, 3.05) is 0 Å². The zero-order chi connectivity index (χ0) is 17.2. The van der Waals surface area contributed by atoms with E-state index in [0.29, 0.717) is 12.1 Å². The highest BCUT2D eigenvalue weighted by atomic mass is 35.5. The standard InChI is InChI=1S/C14H5ClF5NO2/c15-8-1-2-11(13(4-8)23-14(18,19)20)22-12-5-9(16)7(6-21)3-10(12)17/h1-5H. The van der Waals surface area contributed by atoms with Crippen LogP contribution in [-0.2, 0) is 0 Å². The van der Waals surface area contributed by atoms with Gasteiger partial charge >= 0.3 is 6.36 Å². The average Bonchev–Trinajstić information content (AvgIpc) is 2.43. The van der Waals surface area contributed by atoms with Gasteiger partial charge in [0.05, 0.1) is 5.56 Å². The van der Waals surface area contributed by atoms with Crippen molar-refractivity contribution in [3.05, 3.63) is 52.6 Å². The Morgan fingerprint density at radius 3 is 2.26 bits per heavy atom. The Balaban J connectivity index is 2.41. The number of halogens is 6. The Morgan fingerprint density at radius 1 is 0.957 bits per heavy atom. The van der Waals surface area contributed by atoms with E-state index in [-0.39, 0.29) is 5.02 Å². The number of nitriles is 1. The van der Waals surface area contributed by atoms with Crippen molar-refractivity contribution < 1.29 is 31.4 Å². The van der Waals surface area contributed by atoms with E-state index in [1.54, 1.807) is 0 Å². The number of alkyl halides is 3. The molecule has 0 saturated carbocycles. The summed E-state index contributed by atoms with van der Waals surface area (Å²) < 4.78 is 72.9. The molecule has 0 atom stereocenters. The number of rotatable bonds is 3. The summed E-state index contributed by atoms with van der Waals surface area (Å²) >= 11 is 5.57. The van der Waals surface area contributed by atoms with Crippen LogP contribution in [0.3, 0.4) is 0 Å². The molecule has 0 aliphatic heterocycles. The van der Waals surface area contributed by atoms with Crippen LogP contribution in [0.5, 0.6) is 17.2 Å². The molecule has 2 aromatic rings. The molecular weight excluding hydrogens is 345 g/mol. The minimum atomic E-state index is -5.03. The molecule has 0 spiro atoms. The van der Waals surface area contributed by atoms with Crippen LogP contribution in [0.25, 0.3) is 0 Å². The number of benzene rings is 2. The number of nitrogens with zero attached hydrogens (tertiary/aromatic N) is 1. The lowest BCUT2D eigenvalue weighted by Crippen LogP contribution is -2.17. The summed E-state index contributed by atoms with van der Waals surface area (Å²) in [5, 5.41) is 8.49. The number of hydrogen-bond acceptors (Lipinski definition) is 3. The third-order valence-electron chi connectivity index (χ3n) is 2.49. The minimum Gasteiger partial charge on any atom is -0.450 e. The Bertz CT molecular complexity index is 786. The predicted molar refractivity (Wildman–Crippen MR) is 69.3 cm³/mol. The maximum Gasteiger partial charge on any atom is 0.573 e. The van der Waals surface area contributed by atoms with Crippen molar-refractivity contribution in [2.45, 2.75) is 6.36 Å². The zero-order valence-corrected chi connectivity index (χ0v) is 11.7. The van der Waals surface area contributed by atoms with Crippen molar-refractivity contribution in [3.63, 3.8) is 0 Å². The van der Waals surface area contributed by atoms with Gasteiger partial charge in [-0.1, -0.05) is 11.6 Å². The topological polar surface area (TPSA) is 42.2 Å². The summed E-state index contributed by atoms with van der Waals surface area (Å²) in [4.78, 5) is 0. The Morgan fingerprint density at radius 2 is 1.65 bits per heavy atom. The summed E-state index contributed by atoms with van der Waals surface area (Å²) in [6.07, 6.45) is -5.03. The second-order valence-electron chi connectivity index (χ2n) is 4.12. The van der Waals surface area contributed by atoms with Gasteiger partial charge in [-0.05, 0) is 18.2 Å². The first-order valence-electron chi connectivity index (χ1n) is 5.82. The maximum atomic E-state index is 13.7. The van der Waals surface area contributed by atoms with Gasteiger partial charge in [-0.15, -0.1) is 13.2 Å². The largest absolute Gasteiger partial charge is 0.573 e. The van der Waals surface area contributed by atoms with Crippen LogP contribution in [0, 0.1) is 23.0 Å². The molecule has 2 rings (SSSR count). The second-order valence-corrected chi connectivity index (χ2v) is 4.55. The van der Waals surface area contributed by atoms with E-state index in [2.05, 4.69) is 4.74 Å². The fourth-order valence-corrected chi connectivity index (χ4v) is 1.74. The fraction of sp³-hybridized carbons (Fsp3) is 0.0714. The molecule has 0 radical (unpaired) electrons. The van der Waals surface area contributed by atoms with Gasteiger partial charge in [0.25, 0.3) is 0 Å². The molecule has 0 aliphatic rings. The summed E-state index contributed by atoms with van der Waals surface area (Å²) in [5.74, 6) is -4.29. The van der Waals surface area contributed by atoms with Crippen LogP contribution in [-0.4, -0.2) is 6.36 Å². The molecule has 0 unspecified atom stereocenters. The van der Waals surface area contributed by atoms with Gasteiger partial charge in [-0.3, -0.25) is 0 Å². The predicted octanol–water partition coefficient (Wildman–Crippen LogP) is 5.18. The molecule has 23 heavy (non-hydrogen) atoms. The molecular formula is C14H5ClF5NO2. The number of hydrogen-bond donors (Lipinski definition) is 0. The van der Waals surface area contributed by atoms with E-state index in [1.165, 1.54) is 12.1 Å². The molecule has 0 aromatic heterocycles. The van der Waals surface area contributed by atoms with E-state index in [1.807, 2.05) is 0 Å².